The predicted octanol–water partition coefficient (Wildman–Crippen LogP) is 1.95. The van der Waals surface area contributed by atoms with Crippen LogP contribution in [0.2, 0.25) is 0 Å². The highest BCUT2D eigenvalue weighted by atomic mass is 16.5. The molecule has 0 spiro atoms. The number of hydrogen-bond acceptors (Lipinski definition) is 4. The van der Waals surface area contributed by atoms with Crippen molar-refractivity contribution in [2.45, 2.75) is 50.2 Å². The van der Waals surface area contributed by atoms with E-state index in [1.807, 2.05) is 18.2 Å². The number of rotatable bonds is 5. The van der Waals surface area contributed by atoms with Gasteiger partial charge in [-0.3, -0.25) is 4.79 Å². The molecular weight excluding hydrogens is 280 g/mol. The van der Waals surface area contributed by atoms with Gasteiger partial charge in [0.1, 0.15) is 0 Å². The zero-order valence-electron chi connectivity index (χ0n) is 13.0. The Kier molecular flexibility index (Phi) is 4.52. The molecule has 1 amide bonds. The Morgan fingerprint density at radius 2 is 2.05 bits per heavy atom. The van der Waals surface area contributed by atoms with Gasteiger partial charge < -0.3 is 20.5 Å². The normalized spacial score (nSPS) is 25.3. The summed E-state index contributed by atoms with van der Waals surface area (Å²) in [6.45, 7) is 0.446. The maximum absolute atomic E-state index is 11.7. The van der Waals surface area contributed by atoms with Crippen LogP contribution in [0.15, 0.2) is 18.2 Å². The van der Waals surface area contributed by atoms with Crippen molar-refractivity contribution in [2.24, 2.45) is 5.73 Å². The Labute approximate surface area is 131 Å². The van der Waals surface area contributed by atoms with Gasteiger partial charge >= 0.3 is 0 Å². The molecule has 1 aliphatic heterocycles. The van der Waals surface area contributed by atoms with E-state index in [0.717, 1.165) is 29.9 Å². The topological polar surface area (TPSA) is 73.6 Å². The number of carbonyl (C=O) groups is 1. The van der Waals surface area contributed by atoms with Crippen molar-refractivity contribution in [1.82, 2.24) is 5.32 Å². The summed E-state index contributed by atoms with van der Waals surface area (Å²) in [6, 6.07) is 5.95. The van der Waals surface area contributed by atoms with Crippen LogP contribution in [0.5, 0.6) is 11.5 Å². The van der Waals surface area contributed by atoms with Crippen molar-refractivity contribution in [1.29, 1.82) is 0 Å². The Morgan fingerprint density at radius 1 is 1.27 bits per heavy atom. The second-order valence-electron chi connectivity index (χ2n) is 6.15. The van der Waals surface area contributed by atoms with Crippen molar-refractivity contribution in [3.63, 3.8) is 0 Å². The minimum Gasteiger partial charge on any atom is -0.493 e. The van der Waals surface area contributed by atoms with Crippen LogP contribution >= 0.6 is 0 Å². The number of carbonyl (C=O) groups excluding carboxylic acids is 1. The van der Waals surface area contributed by atoms with Crippen molar-refractivity contribution in [2.75, 3.05) is 13.7 Å². The molecular formula is C17H24N2O3. The van der Waals surface area contributed by atoms with Crippen LogP contribution in [0.3, 0.4) is 0 Å². The lowest BCUT2D eigenvalue weighted by Crippen LogP contribution is -2.35. The number of benzene rings is 1. The fourth-order valence-corrected chi connectivity index (χ4v) is 3.48. The minimum absolute atomic E-state index is 0.000209. The number of amides is 1. The summed E-state index contributed by atoms with van der Waals surface area (Å²) in [5.74, 6) is 1.70. The molecule has 1 aliphatic carbocycles. The molecule has 1 aromatic rings. The third kappa shape index (κ3) is 3.04. The lowest BCUT2D eigenvalue weighted by molar-refractivity contribution is -0.119. The van der Waals surface area contributed by atoms with E-state index in [2.05, 4.69) is 5.32 Å². The monoisotopic (exact) mass is 304 g/mol. The smallest absolute Gasteiger partial charge is 0.220 e. The summed E-state index contributed by atoms with van der Waals surface area (Å²) < 4.78 is 11.5. The zero-order valence-corrected chi connectivity index (χ0v) is 13.0. The molecule has 1 saturated heterocycles. The third-order valence-electron chi connectivity index (χ3n) is 4.70. The number of hydrogen-bond donors (Lipinski definition) is 2. The average Bonchev–Trinajstić information content (AvgIpc) is 3.16. The largest absolute Gasteiger partial charge is 0.493 e. The summed E-state index contributed by atoms with van der Waals surface area (Å²) in [5.41, 5.74) is 6.87. The second kappa shape index (κ2) is 6.57. The highest BCUT2D eigenvalue weighted by molar-refractivity contribution is 5.80. The molecule has 0 bridgehead atoms. The summed E-state index contributed by atoms with van der Waals surface area (Å²) in [7, 11) is 1.65. The Balaban J connectivity index is 1.84. The molecule has 1 heterocycles. The van der Waals surface area contributed by atoms with Crippen LogP contribution in [0, 0.1) is 0 Å². The van der Waals surface area contributed by atoms with E-state index in [1.165, 1.54) is 12.8 Å². The first-order chi connectivity index (χ1) is 10.7. The first kappa shape index (κ1) is 15.2. The van der Waals surface area contributed by atoms with Gasteiger partial charge in [-0.2, -0.15) is 0 Å². The highest BCUT2D eigenvalue weighted by Gasteiger charge is 2.33. The first-order valence-electron chi connectivity index (χ1n) is 8.05. The van der Waals surface area contributed by atoms with E-state index in [0.29, 0.717) is 13.0 Å². The van der Waals surface area contributed by atoms with Crippen molar-refractivity contribution in [3.8, 4) is 11.5 Å². The van der Waals surface area contributed by atoms with E-state index >= 15 is 0 Å². The highest BCUT2D eigenvalue weighted by Crippen LogP contribution is 2.37. The quantitative estimate of drug-likeness (QED) is 0.872. The third-order valence-corrected chi connectivity index (χ3v) is 4.70. The fraction of sp³-hybridized carbons (Fsp3) is 0.588. The minimum atomic E-state index is 0.000209. The van der Waals surface area contributed by atoms with E-state index in [1.54, 1.807) is 7.11 Å². The Hall–Kier alpha value is -1.75. The lowest BCUT2D eigenvalue weighted by Gasteiger charge is -2.21. The van der Waals surface area contributed by atoms with Crippen LogP contribution in [0.25, 0.3) is 0 Å². The maximum Gasteiger partial charge on any atom is 0.220 e. The molecule has 5 nitrogen and oxygen atoms in total. The molecule has 1 saturated carbocycles. The number of methoxy groups -OCH3 is 1. The molecule has 1 aromatic carbocycles. The van der Waals surface area contributed by atoms with Gasteiger partial charge in [0.15, 0.2) is 11.5 Å². The first-order valence-corrected chi connectivity index (χ1v) is 8.05. The van der Waals surface area contributed by atoms with E-state index in [4.69, 9.17) is 15.2 Å². The van der Waals surface area contributed by atoms with Crippen LogP contribution in [-0.2, 0) is 4.79 Å². The van der Waals surface area contributed by atoms with Crippen LogP contribution < -0.4 is 20.5 Å². The Morgan fingerprint density at radius 3 is 2.73 bits per heavy atom. The number of ether oxygens (including phenoxy) is 2. The van der Waals surface area contributed by atoms with Gasteiger partial charge in [0.25, 0.3) is 0 Å². The number of nitrogens with two attached hydrogens (primary N) is 1. The van der Waals surface area contributed by atoms with E-state index in [9.17, 15) is 4.79 Å². The van der Waals surface area contributed by atoms with Gasteiger partial charge in [-0.15, -0.1) is 0 Å². The van der Waals surface area contributed by atoms with Gasteiger partial charge in [-0.05, 0) is 43.4 Å². The van der Waals surface area contributed by atoms with E-state index < -0.39 is 0 Å². The molecule has 2 aliphatic rings. The Bertz CT molecular complexity index is 541. The van der Waals surface area contributed by atoms with Crippen LogP contribution in [0.1, 0.15) is 43.6 Å². The van der Waals surface area contributed by atoms with Gasteiger partial charge in [0.2, 0.25) is 5.91 Å². The molecule has 2 atom stereocenters. The second-order valence-corrected chi connectivity index (χ2v) is 6.15. The maximum atomic E-state index is 11.7. The fourth-order valence-electron chi connectivity index (χ4n) is 3.48. The van der Waals surface area contributed by atoms with Crippen LogP contribution in [-0.4, -0.2) is 31.7 Å². The zero-order chi connectivity index (χ0) is 15.5. The van der Waals surface area contributed by atoms with Crippen molar-refractivity contribution < 1.29 is 14.3 Å². The molecule has 0 aromatic heterocycles. The van der Waals surface area contributed by atoms with Crippen LogP contribution in [0.4, 0.5) is 0 Å². The summed E-state index contributed by atoms with van der Waals surface area (Å²) in [4.78, 5) is 11.7. The standard InChI is InChI=1S/C17H24N2O3/c1-21-15-7-6-11(13-9-17(20)19-14(13)10-18)8-16(15)22-12-4-2-3-5-12/h6-8,12-14H,2-5,9-10,18H2,1H3,(H,19,20)/t13-,14+/m1/s1. The van der Waals surface area contributed by atoms with Gasteiger partial charge in [-0.25, -0.2) is 0 Å². The molecule has 2 fully saturated rings. The van der Waals surface area contributed by atoms with Gasteiger partial charge in [-0.1, -0.05) is 6.07 Å². The summed E-state index contributed by atoms with van der Waals surface area (Å²) >= 11 is 0. The molecule has 5 heteroatoms. The predicted molar refractivity (Wildman–Crippen MR) is 84.2 cm³/mol. The molecule has 3 N–H and O–H groups in total. The molecule has 3 rings (SSSR count). The molecule has 0 radical (unpaired) electrons. The number of nitrogens with one attached hydrogen (secondary N) is 1. The molecule has 120 valence electrons. The van der Waals surface area contributed by atoms with E-state index in [-0.39, 0.29) is 24.0 Å². The molecule has 0 unspecified atom stereocenters. The van der Waals surface area contributed by atoms with Gasteiger partial charge in [0.05, 0.1) is 13.2 Å². The van der Waals surface area contributed by atoms with Crippen molar-refractivity contribution >= 4 is 5.91 Å². The summed E-state index contributed by atoms with van der Waals surface area (Å²) in [6.07, 6.45) is 5.41. The SMILES string of the molecule is COc1ccc([C@H]2CC(=O)N[C@H]2CN)cc1OC1CCCC1. The van der Waals surface area contributed by atoms with Gasteiger partial charge in [0, 0.05) is 24.9 Å². The summed E-state index contributed by atoms with van der Waals surface area (Å²) in [5, 5.41) is 2.94. The van der Waals surface area contributed by atoms with Crippen molar-refractivity contribution in [3.05, 3.63) is 23.8 Å². The lowest BCUT2D eigenvalue weighted by atomic mass is 9.91. The average molecular weight is 304 g/mol. The molecule has 22 heavy (non-hydrogen) atoms.